The van der Waals surface area contributed by atoms with Gasteiger partial charge in [-0.25, -0.2) is 4.79 Å². The summed E-state index contributed by atoms with van der Waals surface area (Å²) in [6.45, 7) is 4.57. The molecule has 1 aromatic heterocycles. The average Bonchev–Trinajstić information content (AvgIpc) is 3.11. The molecule has 1 aliphatic rings. The van der Waals surface area contributed by atoms with E-state index in [0.29, 0.717) is 26.2 Å². The first-order chi connectivity index (χ1) is 12.3. The fourth-order valence-corrected chi connectivity index (χ4v) is 2.95. The van der Waals surface area contributed by atoms with Crippen LogP contribution >= 0.6 is 0 Å². The van der Waals surface area contributed by atoms with E-state index in [1.165, 1.54) is 0 Å². The van der Waals surface area contributed by atoms with Gasteiger partial charge in [-0.05, 0) is 30.0 Å². The third kappa shape index (κ3) is 4.78. The fraction of sp³-hybridized carbons (Fsp3) is 0.556. The Balaban J connectivity index is 1.49. The molecule has 1 aromatic carbocycles. The topological polar surface area (TPSA) is 73.1 Å². The number of benzene rings is 1. The Morgan fingerprint density at radius 2 is 2.00 bits per heavy atom. The van der Waals surface area contributed by atoms with Crippen LogP contribution in [0.2, 0.25) is 0 Å². The molecule has 134 valence electrons. The van der Waals surface area contributed by atoms with Gasteiger partial charge in [-0.1, -0.05) is 43.7 Å². The Morgan fingerprint density at radius 3 is 2.72 bits per heavy atom. The van der Waals surface area contributed by atoms with Crippen LogP contribution in [0.15, 0.2) is 30.3 Å². The van der Waals surface area contributed by atoms with E-state index in [9.17, 15) is 4.79 Å². The highest BCUT2D eigenvalue weighted by Crippen LogP contribution is 2.25. The molecule has 0 atom stereocenters. The lowest BCUT2D eigenvalue weighted by molar-refractivity contribution is 0.0911. The highest BCUT2D eigenvalue weighted by Gasteiger charge is 2.27. The van der Waals surface area contributed by atoms with E-state index in [0.717, 1.165) is 37.1 Å². The second-order valence-electron chi connectivity index (χ2n) is 6.39. The molecule has 0 bridgehead atoms. The second kappa shape index (κ2) is 8.60. The van der Waals surface area contributed by atoms with Crippen LogP contribution in [0.4, 0.5) is 4.79 Å². The van der Waals surface area contributed by atoms with Gasteiger partial charge in [-0.2, -0.15) is 4.80 Å². The van der Waals surface area contributed by atoms with Crippen LogP contribution in [0.25, 0.3) is 0 Å². The van der Waals surface area contributed by atoms with Crippen LogP contribution < -0.4 is 0 Å². The maximum Gasteiger partial charge on any atom is 0.409 e. The third-order valence-corrected chi connectivity index (χ3v) is 4.48. The minimum atomic E-state index is -0.201. The Morgan fingerprint density at radius 1 is 1.24 bits per heavy atom. The van der Waals surface area contributed by atoms with E-state index < -0.39 is 0 Å². The summed E-state index contributed by atoms with van der Waals surface area (Å²) in [6, 6.07) is 10.1. The molecule has 2 heterocycles. The molecule has 7 nitrogen and oxygen atoms in total. The molecule has 0 unspecified atom stereocenters. The van der Waals surface area contributed by atoms with Gasteiger partial charge >= 0.3 is 6.09 Å². The zero-order valence-corrected chi connectivity index (χ0v) is 14.7. The molecule has 3 rings (SSSR count). The first-order valence-electron chi connectivity index (χ1n) is 8.99. The Bertz CT molecular complexity index is 665. The smallest absolute Gasteiger partial charge is 0.409 e. The van der Waals surface area contributed by atoms with Crippen molar-refractivity contribution in [1.82, 2.24) is 25.1 Å². The van der Waals surface area contributed by atoms with Gasteiger partial charge in [-0.3, -0.25) is 0 Å². The monoisotopic (exact) mass is 343 g/mol. The summed E-state index contributed by atoms with van der Waals surface area (Å²) in [5, 5.41) is 12.9. The second-order valence-corrected chi connectivity index (χ2v) is 6.39. The van der Waals surface area contributed by atoms with E-state index in [-0.39, 0.29) is 12.0 Å². The Hall–Kier alpha value is -2.44. The molecule has 2 aromatic rings. The van der Waals surface area contributed by atoms with Crippen LogP contribution in [0.3, 0.4) is 0 Å². The molecule has 1 amide bonds. The molecule has 0 spiro atoms. The largest absolute Gasteiger partial charge is 0.449 e. The minimum absolute atomic E-state index is 0.201. The number of likely N-dealkylation sites (tertiary alicyclic amines) is 1. The maximum absolute atomic E-state index is 12.0. The zero-order valence-electron chi connectivity index (χ0n) is 14.7. The summed E-state index contributed by atoms with van der Waals surface area (Å²) >= 11 is 0. The normalized spacial score (nSPS) is 15.3. The van der Waals surface area contributed by atoms with Crippen molar-refractivity contribution in [3.8, 4) is 0 Å². The number of carbonyl (C=O) groups is 1. The molecular formula is C18H25N5O2. The highest BCUT2D eigenvalue weighted by molar-refractivity contribution is 5.67. The van der Waals surface area contributed by atoms with Crippen molar-refractivity contribution in [2.75, 3.05) is 19.7 Å². The predicted octanol–water partition coefficient (Wildman–Crippen LogP) is 2.84. The summed E-state index contributed by atoms with van der Waals surface area (Å²) < 4.78 is 5.27. The number of unbranched alkanes of at least 4 members (excludes halogenated alkanes) is 1. The summed E-state index contributed by atoms with van der Waals surface area (Å²) in [5.74, 6) is 1.03. The molecule has 25 heavy (non-hydrogen) atoms. The van der Waals surface area contributed by atoms with Gasteiger partial charge in [0.1, 0.15) is 0 Å². The predicted molar refractivity (Wildman–Crippen MR) is 93.2 cm³/mol. The number of nitrogens with zero attached hydrogens (tertiary/aromatic N) is 5. The number of amides is 1. The van der Waals surface area contributed by atoms with Crippen molar-refractivity contribution in [1.29, 1.82) is 0 Å². The number of piperidine rings is 1. The van der Waals surface area contributed by atoms with Gasteiger partial charge in [0, 0.05) is 19.0 Å². The summed E-state index contributed by atoms with van der Waals surface area (Å²) in [7, 11) is 0. The highest BCUT2D eigenvalue weighted by atomic mass is 16.6. The SMILES string of the molecule is CCCCOC(=O)N1CCC(c2nnn(Cc3ccccc3)n2)CC1. The number of ether oxygens (including phenoxy) is 1. The number of hydrogen-bond donors (Lipinski definition) is 0. The number of aromatic nitrogens is 4. The van der Waals surface area contributed by atoms with Crippen LogP contribution in [-0.2, 0) is 11.3 Å². The standard InChI is InChI=1S/C18H25N5O2/c1-2-3-13-25-18(24)22-11-9-16(10-12-22)17-19-21-23(20-17)14-15-7-5-4-6-8-15/h4-8,16H,2-3,9-14H2,1H3. The van der Waals surface area contributed by atoms with Crippen molar-refractivity contribution in [3.05, 3.63) is 41.7 Å². The number of hydrogen-bond acceptors (Lipinski definition) is 5. The van der Waals surface area contributed by atoms with Gasteiger partial charge in [0.15, 0.2) is 5.82 Å². The van der Waals surface area contributed by atoms with Crippen molar-refractivity contribution in [2.45, 2.75) is 45.1 Å². The number of rotatable bonds is 6. The van der Waals surface area contributed by atoms with E-state index in [1.807, 2.05) is 30.3 Å². The molecule has 7 heteroatoms. The van der Waals surface area contributed by atoms with Gasteiger partial charge in [-0.15, -0.1) is 10.2 Å². The maximum atomic E-state index is 12.0. The van der Waals surface area contributed by atoms with Crippen LogP contribution in [0, 0.1) is 0 Å². The Labute approximate surface area is 148 Å². The van der Waals surface area contributed by atoms with E-state index in [2.05, 4.69) is 22.3 Å². The molecule has 1 fully saturated rings. The number of carbonyl (C=O) groups excluding carboxylic acids is 1. The van der Waals surface area contributed by atoms with Crippen molar-refractivity contribution < 1.29 is 9.53 Å². The first kappa shape index (κ1) is 17.4. The number of tetrazole rings is 1. The van der Waals surface area contributed by atoms with Crippen molar-refractivity contribution in [2.24, 2.45) is 0 Å². The van der Waals surface area contributed by atoms with Gasteiger partial charge in [0.2, 0.25) is 0 Å². The lowest BCUT2D eigenvalue weighted by Gasteiger charge is -2.29. The summed E-state index contributed by atoms with van der Waals surface area (Å²) in [6.07, 6.45) is 3.43. The fourth-order valence-electron chi connectivity index (χ4n) is 2.95. The molecule has 0 saturated carbocycles. The molecule has 0 radical (unpaired) electrons. The lowest BCUT2D eigenvalue weighted by Crippen LogP contribution is -2.38. The van der Waals surface area contributed by atoms with Gasteiger partial charge in [0.25, 0.3) is 0 Å². The molecule has 1 saturated heterocycles. The zero-order chi connectivity index (χ0) is 17.5. The van der Waals surface area contributed by atoms with E-state index in [4.69, 9.17) is 4.74 Å². The minimum Gasteiger partial charge on any atom is -0.449 e. The summed E-state index contributed by atoms with van der Waals surface area (Å²) in [4.78, 5) is 15.4. The van der Waals surface area contributed by atoms with Crippen molar-refractivity contribution >= 4 is 6.09 Å². The van der Waals surface area contributed by atoms with Gasteiger partial charge < -0.3 is 9.64 Å². The molecule has 0 aliphatic carbocycles. The molecular weight excluding hydrogens is 318 g/mol. The van der Waals surface area contributed by atoms with E-state index >= 15 is 0 Å². The first-order valence-corrected chi connectivity index (χ1v) is 8.99. The van der Waals surface area contributed by atoms with Crippen LogP contribution in [-0.4, -0.2) is 50.9 Å². The summed E-state index contributed by atoms with van der Waals surface area (Å²) in [5.41, 5.74) is 1.15. The van der Waals surface area contributed by atoms with Gasteiger partial charge in [0.05, 0.1) is 13.2 Å². The molecule has 0 N–H and O–H groups in total. The van der Waals surface area contributed by atoms with Crippen LogP contribution in [0.1, 0.15) is 49.9 Å². The van der Waals surface area contributed by atoms with Crippen LogP contribution in [0.5, 0.6) is 0 Å². The third-order valence-electron chi connectivity index (χ3n) is 4.48. The lowest BCUT2D eigenvalue weighted by atomic mass is 9.96. The quantitative estimate of drug-likeness (QED) is 0.754. The average molecular weight is 343 g/mol. The molecule has 1 aliphatic heterocycles. The van der Waals surface area contributed by atoms with Crippen molar-refractivity contribution in [3.63, 3.8) is 0 Å². The van der Waals surface area contributed by atoms with E-state index in [1.54, 1.807) is 9.70 Å². The Kier molecular flexibility index (Phi) is 5.98.